The average molecular weight is 427 g/mol. The number of nitrogens with one attached hydrogen (secondary N) is 1. The van der Waals surface area contributed by atoms with Gasteiger partial charge in [-0.15, -0.1) is 0 Å². The van der Waals surface area contributed by atoms with Gasteiger partial charge in [0.15, 0.2) is 0 Å². The van der Waals surface area contributed by atoms with Crippen molar-refractivity contribution >= 4 is 17.6 Å². The third-order valence-corrected chi connectivity index (χ3v) is 8.40. The summed E-state index contributed by atoms with van der Waals surface area (Å²) >= 11 is 0. The van der Waals surface area contributed by atoms with Gasteiger partial charge in [-0.1, -0.05) is 38.1 Å². The van der Waals surface area contributed by atoms with Gasteiger partial charge in [-0.05, 0) is 41.3 Å². The number of methoxy groups -OCH3 is 1. The molecule has 0 aliphatic heterocycles. The number of rotatable bonds is 9. The molecule has 0 aliphatic rings. The summed E-state index contributed by atoms with van der Waals surface area (Å²) in [5.74, 6) is -0.569. The molecule has 0 amide bonds. The number of benzene rings is 2. The smallest absolute Gasteiger partial charge is 0.348 e. The minimum absolute atomic E-state index is 0.0640. The Balaban J connectivity index is 2.28. The first kappa shape index (κ1) is 22.6. The first-order valence-corrected chi connectivity index (χ1v) is 11.7. The first-order chi connectivity index (χ1) is 13.2. The normalized spacial score (nSPS) is 13.5. The largest absolute Gasteiger partial charge is 0.497 e. The van der Waals surface area contributed by atoms with Gasteiger partial charge >= 0.3 is 7.60 Å². The highest BCUT2D eigenvalue weighted by Crippen LogP contribution is 2.53. The third kappa shape index (κ3) is 5.01. The predicted octanol–water partition coefficient (Wildman–Crippen LogP) is 4.11. The van der Waals surface area contributed by atoms with Gasteiger partial charge in [-0.2, -0.15) is 4.72 Å². The van der Waals surface area contributed by atoms with Gasteiger partial charge in [0.05, 0.1) is 12.0 Å². The molecule has 0 heterocycles. The van der Waals surface area contributed by atoms with E-state index in [4.69, 9.17) is 13.8 Å². The molecule has 2 rings (SSSR count). The van der Waals surface area contributed by atoms with Crippen molar-refractivity contribution in [2.45, 2.75) is 24.5 Å². The fourth-order valence-corrected chi connectivity index (χ4v) is 6.19. The van der Waals surface area contributed by atoms with E-state index in [9.17, 15) is 13.0 Å². The fourth-order valence-electron chi connectivity index (χ4n) is 2.70. The summed E-state index contributed by atoms with van der Waals surface area (Å²) in [5.41, 5.74) is 1.79. The molecular weight excluding hydrogens is 401 g/mol. The van der Waals surface area contributed by atoms with E-state index in [0.29, 0.717) is 0 Å². The van der Waals surface area contributed by atoms with E-state index in [1.165, 1.54) is 26.4 Å². The lowest BCUT2D eigenvalue weighted by Gasteiger charge is -2.27. The van der Waals surface area contributed by atoms with E-state index in [1.54, 1.807) is 33.1 Å². The number of ether oxygens (including phenoxy) is 1. The van der Waals surface area contributed by atoms with Gasteiger partial charge in [0, 0.05) is 14.2 Å². The van der Waals surface area contributed by atoms with Crippen LogP contribution >= 0.6 is 7.60 Å². The summed E-state index contributed by atoms with van der Waals surface area (Å²) in [5, 5.41) is 0. The zero-order valence-corrected chi connectivity index (χ0v) is 18.3. The van der Waals surface area contributed by atoms with E-state index in [-0.39, 0.29) is 10.8 Å². The first-order valence-electron chi connectivity index (χ1n) is 8.65. The molecule has 0 unspecified atom stereocenters. The Morgan fingerprint density at radius 3 is 1.71 bits per heavy atom. The molecule has 9 heteroatoms. The van der Waals surface area contributed by atoms with Crippen LogP contribution in [0.25, 0.3) is 11.1 Å². The van der Waals surface area contributed by atoms with Crippen LogP contribution in [0.5, 0.6) is 5.75 Å². The van der Waals surface area contributed by atoms with E-state index >= 15 is 0 Å². The molecule has 2 aromatic carbocycles. The number of hydrogen-bond acceptors (Lipinski definition) is 6. The predicted molar refractivity (Wildman–Crippen MR) is 109 cm³/mol. The van der Waals surface area contributed by atoms with Crippen molar-refractivity contribution < 1.29 is 26.8 Å². The van der Waals surface area contributed by atoms with Gasteiger partial charge in [-0.25, -0.2) is 8.42 Å². The summed E-state index contributed by atoms with van der Waals surface area (Å²) in [4.78, 5) is 0.0640. The highest BCUT2D eigenvalue weighted by molar-refractivity contribution is 7.89. The van der Waals surface area contributed by atoms with Crippen molar-refractivity contribution in [2.24, 2.45) is 5.92 Å². The lowest BCUT2D eigenvalue weighted by molar-refractivity contribution is 0.254. The van der Waals surface area contributed by atoms with Crippen molar-refractivity contribution in [1.29, 1.82) is 0 Å². The van der Waals surface area contributed by atoms with Crippen LogP contribution in [0.4, 0.5) is 0 Å². The van der Waals surface area contributed by atoms with Gasteiger partial charge in [-0.3, -0.25) is 4.57 Å². The van der Waals surface area contributed by atoms with E-state index < -0.39 is 23.4 Å². The van der Waals surface area contributed by atoms with Crippen LogP contribution in [0.1, 0.15) is 13.8 Å². The lowest BCUT2D eigenvalue weighted by Crippen LogP contribution is -2.39. The van der Waals surface area contributed by atoms with Crippen LogP contribution < -0.4 is 9.46 Å². The maximum Gasteiger partial charge on any atom is 0.348 e. The highest BCUT2D eigenvalue weighted by atomic mass is 32.2. The van der Waals surface area contributed by atoms with Gasteiger partial charge < -0.3 is 13.8 Å². The molecule has 0 fully saturated rings. The number of hydrogen-bond donors (Lipinski definition) is 1. The summed E-state index contributed by atoms with van der Waals surface area (Å²) < 4.78 is 55.9. The monoisotopic (exact) mass is 427 g/mol. The van der Waals surface area contributed by atoms with Crippen LogP contribution in [-0.4, -0.2) is 35.5 Å². The summed E-state index contributed by atoms with van der Waals surface area (Å²) in [6, 6.07) is 13.9. The van der Waals surface area contributed by atoms with Crippen molar-refractivity contribution in [3.8, 4) is 16.9 Å². The topological polar surface area (TPSA) is 90.9 Å². The zero-order chi connectivity index (χ0) is 20.9. The Kier molecular flexibility index (Phi) is 7.42. The van der Waals surface area contributed by atoms with E-state index in [2.05, 4.69) is 4.72 Å². The highest BCUT2D eigenvalue weighted by Gasteiger charge is 2.39. The van der Waals surface area contributed by atoms with Gasteiger partial charge in [0.1, 0.15) is 11.5 Å². The average Bonchev–Trinajstić information content (AvgIpc) is 2.71. The molecule has 0 radical (unpaired) electrons. The van der Waals surface area contributed by atoms with Crippen molar-refractivity contribution in [2.75, 3.05) is 21.3 Å². The van der Waals surface area contributed by atoms with Crippen molar-refractivity contribution in [3.63, 3.8) is 0 Å². The van der Waals surface area contributed by atoms with Crippen LogP contribution in [0.3, 0.4) is 0 Å². The maximum absolute atomic E-state index is 12.8. The molecular formula is C19H26NO6PS. The molecule has 0 spiro atoms. The van der Waals surface area contributed by atoms with Crippen molar-refractivity contribution in [1.82, 2.24) is 4.72 Å². The second-order valence-electron chi connectivity index (χ2n) is 6.47. The zero-order valence-electron chi connectivity index (χ0n) is 16.6. The molecule has 0 saturated carbocycles. The Morgan fingerprint density at radius 1 is 0.857 bits per heavy atom. The Morgan fingerprint density at radius 2 is 1.32 bits per heavy atom. The molecule has 2 aromatic rings. The Labute approximate surface area is 166 Å². The van der Waals surface area contributed by atoms with Gasteiger partial charge in [0.25, 0.3) is 0 Å². The molecule has 0 aliphatic carbocycles. The summed E-state index contributed by atoms with van der Waals surface area (Å²) in [6.45, 7) is 3.48. The fraction of sp³-hybridized carbons (Fsp3) is 0.368. The van der Waals surface area contributed by atoms with Crippen molar-refractivity contribution in [3.05, 3.63) is 48.5 Å². The summed E-state index contributed by atoms with van der Waals surface area (Å²) in [7, 11) is -3.49. The molecule has 0 aromatic heterocycles. The van der Waals surface area contributed by atoms with Crippen LogP contribution in [0.15, 0.2) is 53.4 Å². The molecule has 1 N–H and O–H groups in total. The SMILES string of the molecule is COc1ccc(-c2ccc(S(=O)(=O)N[C@H](C(C)C)P(=O)(OC)OC)cc2)cc1. The second kappa shape index (κ2) is 9.20. The molecule has 0 bridgehead atoms. The second-order valence-corrected chi connectivity index (χ2v) is 10.5. The quantitative estimate of drug-likeness (QED) is 0.606. The van der Waals surface area contributed by atoms with Crippen LogP contribution in [0.2, 0.25) is 0 Å². The molecule has 154 valence electrons. The lowest BCUT2D eigenvalue weighted by atomic mass is 10.1. The molecule has 1 atom stereocenters. The Hall–Kier alpha value is -1.70. The summed E-state index contributed by atoms with van der Waals surface area (Å²) in [6.07, 6.45) is 0. The minimum Gasteiger partial charge on any atom is -0.497 e. The van der Waals surface area contributed by atoms with E-state index in [0.717, 1.165) is 16.9 Å². The maximum atomic E-state index is 12.8. The minimum atomic E-state index is -3.92. The van der Waals surface area contributed by atoms with Crippen LogP contribution in [0, 0.1) is 5.92 Å². The standard InChI is InChI=1S/C19H26NO6PS/c1-14(2)19(27(21,25-4)26-5)20-28(22,23)18-12-8-16(9-13-18)15-6-10-17(24-3)11-7-15/h6-14,19-20H,1-5H3/t19-/m0/s1. The number of sulfonamides is 1. The molecule has 0 saturated heterocycles. The molecule has 28 heavy (non-hydrogen) atoms. The third-order valence-electron chi connectivity index (χ3n) is 4.34. The molecule has 7 nitrogen and oxygen atoms in total. The van der Waals surface area contributed by atoms with E-state index in [1.807, 2.05) is 24.3 Å². The van der Waals surface area contributed by atoms with Gasteiger partial charge in [0.2, 0.25) is 10.0 Å². The Bertz CT molecular complexity index is 918. The van der Waals surface area contributed by atoms with Crippen LogP contribution in [-0.2, 0) is 23.6 Å².